The summed E-state index contributed by atoms with van der Waals surface area (Å²) in [5.41, 5.74) is 1.82. The highest BCUT2D eigenvalue weighted by Gasteiger charge is 2.16. The standard InChI is InChI=1S/C12H19N7/c1-4-5-13-10(6-12-16-18-19(3)17-12)11-8-14-9(2)7-15-11/h7-8,10,13H,4-6H2,1-3H3. The lowest BCUT2D eigenvalue weighted by Crippen LogP contribution is -2.25. The third-order valence-corrected chi connectivity index (χ3v) is 2.74. The molecule has 19 heavy (non-hydrogen) atoms. The number of hydrogen-bond donors (Lipinski definition) is 1. The molecule has 0 spiro atoms. The van der Waals surface area contributed by atoms with E-state index in [-0.39, 0.29) is 6.04 Å². The van der Waals surface area contributed by atoms with Crippen LogP contribution in [0.15, 0.2) is 12.4 Å². The molecule has 0 fully saturated rings. The first-order valence-electron chi connectivity index (χ1n) is 6.44. The summed E-state index contributed by atoms with van der Waals surface area (Å²) in [6, 6.07) is 0.0669. The van der Waals surface area contributed by atoms with Crippen molar-refractivity contribution >= 4 is 0 Å². The Morgan fingerprint density at radius 3 is 2.74 bits per heavy atom. The maximum Gasteiger partial charge on any atom is 0.176 e. The molecule has 0 aliphatic rings. The fourth-order valence-corrected chi connectivity index (χ4v) is 1.77. The van der Waals surface area contributed by atoms with E-state index in [4.69, 9.17) is 0 Å². The van der Waals surface area contributed by atoms with Crippen LogP contribution in [0.3, 0.4) is 0 Å². The van der Waals surface area contributed by atoms with Gasteiger partial charge in [-0.25, -0.2) is 0 Å². The molecule has 0 amide bonds. The summed E-state index contributed by atoms with van der Waals surface area (Å²) in [5, 5.41) is 15.5. The van der Waals surface area contributed by atoms with E-state index in [0.717, 1.165) is 24.4 Å². The Balaban J connectivity index is 2.13. The SMILES string of the molecule is CCCNC(Cc1nnn(C)n1)c1cnc(C)cn1. The number of rotatable bonds is 6. The second-order valence-corrected chi connectivity index (χ2v) is 4.49. The average molecular weight is 261 g/mol. The molecular formula is C12H19N7. The first-order chi connectivity index (χ1) is 9.19. The first-order valence-corrected chi connectivity index (χ1v) is 6.44. The number of aromatic nitrogens is 6. The highest BCUT2D eigenvalue weighted by molar-refractivity contribution is 5.08. The quantitative estimate of drug-likeness (QED) is 0.819. The number of tetrazole rings is 1. The van der Waals surface area contributed by atoms with Gasteiger partial charge < -0.3 is 5.32 Å². The molecule has 2 rings (SSSR count). The molecule has 1 N–H and O–H groups in total. The highest BCUT2D eigenvalue weighted by Crippen LogP contribution is 2.13. The van der Waals surface area contributed by atoms with E-state index in [1.54, 1.807) is 19.4 Å². The third-order valence-electron chi connectivity index (χ3n) is 2.74. The molecule has 2 aromatic rings. The summed E-state index contributed by atoms with van der Waals surface area (Å²) in [7, 11) is 1.76. The van der Waals surface area contributed by atoms with Crippen LogP contribution in [-0.4, -0.2) is 36.7 Å². The molecule has 0 aromatic carbocycles. The van der Waals surface area contributed by atoms with E-state index in [1.165, 1.54) is 4.80 Å². The van der Waals surface area contributed by atoms with Crippen molar-refractivity contribution in [3.05, 3.63) is 29.6 Å². The van der Waals surface area contributed by atoms with Crippen LogP contribution in [0.4, 0.5) is 0 Å². The fourth-order valence-electron chi connectivity index (χ4n) is 1.77. The van der Waals surface area contributed by atoms with Crippen molar-refractivity contribution in [3.8, 4) is 0 Å². The molecule has 0 bridgehead atoms. The first kappa shape index (κ1) is 13.5. The van der Waals surface area contributed by atoms with Crippen LogP contribution in [0.25, 0.3) is 0 Å². The Morgan fingerprint density at radius 1 is 1.32 bits per heavy atom. The summed E-state index contributed by atoms with van der Waals surface area (Å²) >= 11 is 0. The van der Waals surface area contributed by atoms with Gasteiger partial charge in [0, 0.05) is 12.6 Å². The van der Waals surface area contributed by atoms with Gasteiger partial charge in [-0.3, -0.25) is 9.97 Å². The van der Waals surface area contributed by atoms with Gasteiger partial charge in [-0.1, -0.05) is 6.92 Å². The predicted octanol–water partition coefficient (Wildman–Crippen LogP) is 0.592. The molecule has 0 aliphatic heterocycles. The van der Waals surface area contributed by atoms with Crippen LogP contribution in [0.5, 0.6) is 0 Å². The summed E-state index contributed by atoms with van der Waals surface area (Å²) in [6.07, 6.45) is 5.30. The molecule has 0 aliphatic carbocycles. The van der Waals surface area contributed by atoms with Crippen molar-refractivity contribution in [2.24, 2.45) is 7.05 Å². The summed E-state index contributed by atoms with van der Waals surface area (Å²) in [5.74, 6) is 0.707. The Labute approximate surface area is 112 Å². The molecule has 2 heterocycles. The van der Waals surface area contributed by atoms with Crippen molar-refractivity contribution < 1.29 is 0 Å². The lowest BCUT2D eigenvalue weighted by atomic mass is 10.1. The highest BCUT2D eigenvalue weighted by atomic mass is 15.6. The minimum Gasteiger partial charge on any atom is -0.308 e. The minimum absolute atomic E-state index is 0.0669. The predicted molar refractivity (Wildman–Crippen MR) is 70.3 cm³/mol. The van der Waals surface area contributed by atoms with E-state index in [2.05, 4.69) is 37.6 Å². The van der Waals surface area contributed by atoms with E-state index in [9.17, 15) is 0 Å². The zero-order valence-electron chi connectivity index (χ0n) is 11.5. The molecule has 0 radical (unpaired) electrons. The summed E-state index contributed by atoms with van der Waals surface area (Å²) in [6.45, 7) is 4.97. The normalized spacial score (nSPS) is 12.6. The average Bonchev–Trinajstić information content (AvgIpc) is 2.81. The van der Waals surface area contributed by atoms with Crippen LogP contribution in [0.1, 0.15) is 36.6 Å². The Morgan fingerprint density at radius 2 is 2.16 bits per heavy atom. The molecule has 0 saturated heterocycles. The van der Waals surface area contributed by atoms with Gasteiger partial charge in [-0.15, -0.1) is 10.2 Å². The van der Waals surface area contributed by atoms with Gasteiger partial charge in [0.1, 0.15) is 0 Å². The van der Waals surface area contributed by atoms with Crippen molar-refractivity contribution in [3.63, 3.8) is 0 Å². The van der Waals surface area contributed by atoms with Crippen molar-refractivity contribution in [2.75, 3.05) is 6.54 Å². The van der Waals surface area contributed by atoms with Gasteiger partial charge in [0.25, 0.3) is 0 Å². The van der Waals surface area contributed by atoms with E-state index >= 15 is 0 Å². The van der Waals surface area contributed by atoms with Crippen molar-refractivity contribution in [1.82, 2.24) is 35.5 Å². The Bertz CT molecular complexity index is 505. The zero-order chi connectivity index (χ0) is 13.7. The molecule has 1 atom stereocenters. The minimum atomic E-state index is 0.0669. The van der Waals surface area contributed by atoms with Gasteiger partial charge in [0.15, 0.2) is 5.82 Å². The summed E-state index contributed by atoms with van der Waals surface area (Å²) in [4.78, 5) is 10.2. The van der Waals surface area contributed by atoms with E-state index in [0.29, 0.717) is 12.2 Å². The largest absolute Gasteiger partial charge is 0.308 e. The van der Waals surface area contributed by atoms with Gasteiger partial charge in [0.05, 0.1) is 30.7 Å². The topological polar surface area (TPSA) is 81.4 Å². The summed E-state index contributed by atoms with van der Waals surface area (Å²) < 4.78 is 0. The maximum atomic E-state index is 4.43. The Hall–Kier alpha value is -1.89. The molecule has 1 unspecified atom stereocenters. The van der Waals surface area contributed by atoms with Crippen LogP contribution in [0, 0.1) is 6.92 Å². The second-order valence-electron chi connectivity index (χ2n) is 4.49. The molecular weight excluding hydrogens is 242 g/mol. The lowest BCUT2D eigenvalue weighted by molar-refractivity contribution is 0.504. The van der Waals surface area contributed by atoms with E-state index in [1.807, 2.05) is 6.92 Å². The maximum absolute atomic E-state index is 4.43. The van der Waals surface area contributed by atoms with Crippen LogP contribution >= 0.6 is 0 Å². The smallest absolute Gasteiger partial charge is 0.176 e. The van der Waals surface area contributed by atoms with Gasteiger partial charge in [-0.2, -0.15) is 4.80 Å². The number of hydrogen-bond acceptors (Lipinski definition) is 6. The van der Waals surface area contributed by atoms with Crippen molar-refractivity contribution in [2.45, 2.75) is 32.7 Å². The van der Waals surface area contributed by atoms with E-state index < -0.39 is 0 Å². The lowest BCUT2D eigenvalue weighted by Gasteiger charge is -2.15. The van der Waals surface area contributed by atoms with Crippen molar-refractivity contribution in [1.29, 1.82) is 0 Å². The van der Waals surface area contributed by atoms with Gasteiger partial charge in [-0.05, 0) is 25.1 Å². The molecule has 102 valence electrons. The molecule has 0 saturated carbocycles. The van der Waals surface area contributed by atoms with Gasteiger partial charge >= 0.3 is 0 Å². The number of aryl methyl sites for hydroxylation is 2. The second kappa shape index (κ2) is 6.33. The third kappa shape index (κ3) is 3.78. The molecule has 2 aromatic heterocycles. The van der Waals surface area contributed by atoms with Crippen LogP contribution in [0.2, 0.25) is 0 Å². The monoisotopic (exact) mass is 261 g/mol. The van der Waals surface area contributed by atoms with Gasteiger partial charge in [0.2, 0.25) is 0 Å². The Kier molecular flexibility index (Phi) is 4.51. The number of nitrogens with one attached hydrogen (secondary N) is 1. The molecule has 7 heteroatoms. The molecule has 7 nitrogen and oxygen atoms in total. The van der Waals surface area contributed by atoms with Crippen LogP contribution < -0.4 is 5.32 Å². The fraction of sp³-hybridized carbons (Fsp3) is 0.583. The van der Waals surface area contributed by atoms with Crippen LogP contribution in [-0.2, 0) is 13.5 Å². The number of nitrogens with zero attached hydrogens (tertiary/aromatic N) is 6. The zero-order valence-corrected chi connectivity index (χ0v) is 11.5.